The Balaban J connectivity index is 1.55. The molecule has 4 aromatic rings. The van der Waals surface area contributed by atoms with Gasteiger partial charge in [-0.2, -0.15) is 10.2 Å². The number of nitrogens with zero attached hydrogens (tertiary/aromatic N) is 4. The summed E-state index contributed by atoms with van der Waals surface area (Å²) < 4.78 is 13.3. The smallest absolute Gasteiger partial charge is 0.217 e. The predicted molar refractivity (Wildman–Crippen MR) is 132 cm³/mol. The van der Waals surface area contributed by atoms with E-state index in [0.717, 1.165) is 24.5 Å². The van der Waals surface area contributed by atoms with E-state index in [1.807, 2.05) is 48.5 Å². The number of anilines is 1. The summed E-state index contributed by atoms with van der Waals surface area (Å²) >= 11 is 0. The zero-order chi connectivity index (χ0) is 23.7. The predicted octanol–water partition coefficient (Wildman–Crippen LogP) is 3.91. The molecule has 0 spiro atoms. The van der Waals surface area contributed by atoms with Crippen LogP contribution < -0.4 is 15.1 Å². The van der Waals surface area contributed by atoms with Crippen LogP contribution in [-0.4, -0.2) is 52.4 Å². The van der Waals surface area contributed by atoms with Crippen LogP contribution in [0.5, 0.6) is 5.75 Å². The summed E-state index contributed by atoms with van der Waals surface area (Å²) in [5, 5.41) is 11.6. The molecule has 5 rings (SSSR count). The number of hydrogen-bond donors (Lipinski definition) is 1. The van der Waals surface area contributed by atoms with Crippen LogP contribution in [0, 0.1) is 0 Å². The van der Waals surface area contributed by atoms with Gasteiger partial charge in [0.25, 0.3) is 0 Å². The standard InChI is InChI=1S/C26H27N5O3/c1-17-15-30(16-18(2)34-17)20-9-10-21(24(13-20)33-3)22-14-27-29-25(26(22)32)23-11-12-28-31(23)19-7-5-4-6-8-19/h4-14,17-18H,15-16H2,1-3H3,(H,27,32)/t17-,18+. The Morgan fingerprint density at radius 2 is 1.76 bits per heavy atom. The normalized spacial score (nSPS) is 18.1. The van der Waals surface area contributed by atoms with Gasteiger partial charge < -0.3 is 14.4 Å². The van der Waals surface area contributed by atoms with E-state index in [1.54, 1.807) is 30.3 Å². The molecular formula is C26H27N5O3. The second kappa shape index (κ2) is 9.15. The number of para-hydroxylation sites is 1. The monoisotopic (exact) mass is 457 g/mol. The number of nitrogens with one attached hydrogen (secondary N) is 1. The molecule has 34 heavy (non-hydrogen) atoms. The number of benzene rings is 2. The van der Waals surface area contributed by atoms with Crippen molar-refractivity contribution in [1.29, 1.82) is 0 Å². The number of morpholine rings is 1. The zero-order valence-corrected chi connectivity index (χ0v) is 19.4. The highest BCUT2D eigenvalue weighted by Gasteiger charge is 2.24. The lowest BCUT2D eigenvalue weighted by Crippen LogP contribution is -2.45. The summed E-state index contributed by atoms with van der Waals surface area (Å²) in [7, 11) is 1.62. The van der Waals surface area contributed by atoms with E-state index in [0.29, 0.717) is 28.3 Å². The lowest BCUT2D eigenvalue weighted by molar-refractivity contribution is -0.00522. The fourth-order valence-corrected chi connectivity index (χ4v) is 4.52. The molecule has 2 aromatic heterocycles. The molecule has 3 heterocycles. The minimum atomic E-state index is -0.198. The van der Waals surface area contributed by atoms with E-state index in [2.05, 4.69) is 34.0 Å². The van der Waals surface area contributed by atoms with Crippen molar-refractivity contribution in [3.63, 3.8) is 0 Å². The minimum absolute atomic E-state index is 0.148. The quantitative estimate of drug-likeness (QED) is 0.489. The van der Waals surface area contributed by atoms with Gasteiger partial charge in [-0.1, -0.05) is 18.2 Å². The molecule has 1 aliphatic heterocycles. The highest BCUT2D eigenvalue weighted by molar-refractivity contribution is 5.76. The van der Waals surface area contributed by atoms with Crippen molar-refractivity contribution in [2.24, 2.45) is 0 Å². The van der Waals surface area contributed by atoms with Crippen LogP contribution >= 0.6 is 0 Å². The maximum atomic E-state index is 13.6. The van der Waals surface area contributed by atoms with E-state index in [1.165, 1.54) is 0 Å². The maximum Gasteiger partial charge on any atom is 0.217 e. The van der Waals surface area contributed by atoms with Gasteiger partial charge in [-0.05, 0) is 44.2 Å². The molecule has 0 saturated carbocycles. The molecule has 0 aliphatic carbocycles. The lowest BCUT2D eigenvalue weighted by atomic mass is 10.0. The molecule has 0 bridgehead atoms. The SMILES string of the molecule is COc1cc(N2C[C@@H](C)O[C@@H](C)C2)ccc1-c1c[nH]nc(-c2ccnn2-c2ccccc2)c1=O. The lowest BCUT2D eigenvalue weighted by Gasteiger charge is -2.37. The van der Waals surface area contributed by atoms with Gasteiger partial charge in [0, 0.05) is 36.6 Å². The van der Waals surface area contributed by atoms with E-state index < -0.39 is 0 Å². The van der Waals surface area contributed by atoms with Crippen molar-refractivity contribution < 1.29 is 9.47 Å². The van der Waals surface area contributed by atoms with Crippen LogP contribution in [-0.2, 0) is 4.74 Å². The Labute approximate surface area is 197 Å². The van der Waals surface area contributed by atoms with Crippen LogP contribution in [0.4, 0.5) is 5.69 Å². The van der Waals surface area contributed by atoms with Crippen molar-refractivity contribution in [3.8, 4) is 34.0 Å². The summed E-state index contributed by atoms with van der Waals surface area (Å²) in [6, 6.07) is 17.4. The van der Waals surface area contributed by atoms with Gasteiger partial charge in [0.2, 0.25) is 5.43 Å². The van der Waals surface area contributed by atoms with Gasteiger partial charge in [0.05, 0.1) is 42.5 Å². The van der Waals surface area contributed by atoms with Crippen LogP contribution in [0.2, 0.25) is 0 Å². The molecule has 8 heteroatoms. The Hall–Kier alpha value is -3.91. The zero-order valence-electron chi connectivity index (χ0n) is 19.4. The van der Waals surface area contributed by atoms with Crippen LogP contribution in [0.25, 0.3) is 28.2 Å². The first kappa shape index (κ1) is 21.9. The van der Waals surface area contributed by atoms with Crippen molar-refractivity contribution >= 4 is 5.69 Å². The number of rotatable bonds is 5. The van der Waals surface area contributed by atoms with Crippen LogP contribution in [0.15, 0.2) is 71.8 Å². The van der Waals surface area contributed by atoms with E-state index in [-0.39, 0.29) is 17.6 Å². The topological polar surface area (TPSA) is 85.3 Å². The molecule has 2 aromatic carbocycles. The molecule has 1 fully saturated rings. The first-order valence-corrected chi connectivity index (χ1v) is 11.3. The van der Waals surface area contributed by atoms with Crippen molar-refractivity contribution in [1.82, 2.24) is 20.0 Å². The Morgan fingerprint density at radius 3 is 2.50 bits per heavy atom. The summed E-state index contributed by atoms with van der Waals surface area (Å²) in [4.78, 5) is 15.9. The highest BCUT2D eigenvalue weighted by atomic mass is 16.5. The maximum absolute atomic E-state index is 13.6. The molecule has 8 nitrogen and oxygen atoms in total. The molecule has 174 valence electrons. The molecule has 0 radical (unpaired) electrons. The van der Waals surface area contributed by atoms with Gasteiger partial charge in [-0.3, -0.25) is 9.89 Å². The van der Waals surface area contributed by atoms with E-state index in [4.69, 9.17) is 9.47 Å². The Morgan fingerprint density at radius 1 is 1.00 bits per heavy atom. The summed E-state index contributed by atoms with van der Waals surface area (Å²) in [6.07, 6.45) is 3.57. The first-order chi connectivity index (χ1) is 16.5. The van der Waals surface area contributed by atoms with Gasteiger partial charge in [0.1, 0.15) is 5.75 Å². The fourth-order valence-electron chi connectivity index (χ4n) is 4.52. The first-order valence-electron chi connectivity index (χ1n) is 11.3. The van der Waals surface area contributed by atoms with Crippen LogP contribution in [0.3, 0.4) is 0 Å². The average Bonchev–Trinajstić information content (AvgIpc) is 3.33. The third-order valence-electron chi connectivity index (χ3n) is 5.99. The Bertz CT molecular complexity index is 1340. The minimum Gasteiger partial charge on any atom is -0.496 e. The molecule has 1 saturated heterocycles. The number of hydrogen-bond acceptors (Lipinski definition) is 6. The number of aromatic amines is 1. The van der Waals surface area contributed by atoms with Crippen LogP contribution in [0.1, 0.15) is 13.8 Å². The summed E-state index contributed by atoms with van der Waals surface area (Å²) in [5.74, 6) is 0.628. The molecular weight excluding hydrogens is 430 g/mol. The number of H-pyrrole nitrogens is 1. The van der Waals surface area contributed by atoms with Gasteiger partial charge >= 0.3 is 0 Å². The molecule has 1 aliphatic rings. The Kier molecular flexibility index (Phi) is 5.90. The van der Waals surface area contributed by atoms with Gasteiger partial charge in [0.15, 0.2) is 5.69 Å². The van der Waals surface area contributed by atoms with E-state index in [9.17, 15) is 4.79 Å². The molecule has 2 atom stereocenters. The van der Waals surface area contributed by atoms with Crippen molar-refractivity contribution in [3.05, 3.63) is 77.2 Å². The fraction of sp³-hybridized carbons (Fsp3) is 0.269. The molecule has 0 unspecified atom stereocenters. The van der Waals surface area contributed by atoms with Gasteiger partial charge in [-0.25, -0.2) is 4.68 Å². The third kappa shape index (κ3) is 4.08. The highest BCUT2D eigenvalue weighted by Crippen LogP contribution is 2.33. The number of ether oxygens (including phenoxy) is 2. The van der Waals surface area contributed by atoms with Crippen molar-refractivity contribution in [2.45, 2.75) is 26.1 Å². The second-order valence-corrected chi connectivity index (χ2v) is 8.49. The van der Waals surface area contributed by atoms with E-state index >= 15 is 0 Å². The summed E-state index contributed by atoms with van der Waals surface area (Å²) in [6.45, 7) is 5.76. The third-order valence-corrected chi connectivity index (χ3v) is 5.99. The average molecular weight is 458 g/mol. The molecule has 1 N–H and O–H groups in total. The van der Waals surface area contributed by atoms with Gasteiger partial charge in [-0.15, -0.1) is 0 Å². The second-order valence-electron chi connectivity index (χ2n) is 8.49. The number of methoxy groups -OCH3 is 1. The molecule has 0 amide bonds. The van der Waals surface area contributed by atoms with Crippen molar-refractivity contribution in [2.75, 3.05) is 25.1 Å². The summed E-state index contributed by atoms with van der Waals surface area (Å²) in [5.41, 5.74) is 3.78. The largest absolute Gasteiger partial charge is 0.496 e. The number of aromatic nitrogens is 4.